The lowest BCUT2D eigenvalue weighted by Gasteiger charge is -2.28. The number of rotatable bonds is 7. The van der Waals surface area contributed by atoms with Gasteiger partial charge >= 0.3 is 0 Å². The van der Waals surface area contributed by atoms with Gasteiger partial charge in [-0.05, 0) is 46.0 Å². The fourth-order valence-corrected chi connectivity index (χ4v) is 5.35. The number of nitrogens with zero attached hydrogens (tertiary/aromatic N) is 6. The molecule has 0 N–H and O–H groups in total. The molecule has 30 heavy (non-hydrogen) atoms. The topological polar surface area (TPSA) is 59.2 Å². The van der Waals surface area contributed by atoms with Crippen molar-refractivity contribution in [2.75, 3.05) is 26.2 Å². The van der Waals surface area contributed by atoms with Crippen molar-refractivity contribution in [3.8, 4) is 0 Å². The fraction of sp³-hybridized carbons (Fsp3) is 0.696. The van der Waals surface area contributed by atoms with E-state index in [2.05, 4.69) is 52.6 Å². The predicted molar refractivity (Wildman–Crippen MR) is 115 cm³/mol. The molecule has 4 heterocycles. The first-order chi connectivity index (χ1) is 14.5. The van der Waals surface area contributed by atoms with Crippen LogP contribution < -0.4 is 0 Å². The Morgan fingerprint density at radius 3 is 2.77 bits per heavy atom. The van der Waals surface area contributed by atoms with Crippen LogP contribution in [0.1, 0.15) is 63.3 Å². The minimum absolute atomic E-state index is 0.162. The zero-order valence-electron chi connectivity index (χ0n) is 18.5. The highest BCUT2D eigenvalue weighted by Gasteiger charge is 2.58. The summed E-state index contributed by atoms with van der Waals surface area (Å²) < 4.78 is 4.14. The van der Waals surface area contributed by atoms with Gasteiger partial charge in [0.05, 0.1) is 23.6 Å². The van der Waals surface area contributed by atoms with Crippen molar-refractivity contribution in [1.29, 1.82) is 0 Å². The summed E-state index contributed by atoms with van der Waals surface area (Å²) >= 11 is 0. The number of hydrogen-bond acceptors (Lipinski definition) is 4. The molecular formula is C23H34N6O. The van der Waals surface area contributed by atoms with E-state index in [4.69, 9.17) is 4.98 Å². The van der Waals surface area contributed by atoms with E-state index in [-0.39, 0.29) is 11.3 Å². The number of likely N-dealkylation sites (tertiary alicyclic amines) is 2. The van der Waals surface area contributed by atoms with Gasteiger partial charge in [-0.2, -0.15) is 5.10 Å². The zero-order chi connectivity index (χ0) is 20.9. The Labute approximate surface area is 179 Å². The molecule has 3 aliphatic rings. The van der Waals surface area contributed by atoms with Gasteiger partial charge in [0.25, 0.3) is 0 Å². The van der Waals surface area contributed by atoms with E-state index in [9.17, 15) is 4.79 Å². The van der Waals surface area contributed by atoms with E-state index in [1.165, 1.54) is 18.4 Å². The SMILES string of the molecule is CCn1cc(CN2C[C@@H](c3cn(C(C)C)cn3)[C@]3(CCN(CC4CC4)C3=O)C2)cn1. The van der Waals surface area contributed by atoms with Crippen molar-refractivity contribution in [2.24, 2.45) is 11.3 Å². The Hall–Kier alpha value is -2.15. The number of imidazole rings is 1. The third kappa shape index (κ3) is 3.47. The van der Waals surface area contributed by atoms with E-state index in [0.29, 0.717) is 11.9 Å². The molecule has 0 aromatic carbocycles. The summed E-state index contributed by atoms with van der Waals surface area (Å²) in [5.74, 6) is 1.26. The molecule has 2 aromatic rings. The standard InChI is InChI=1S/C23H34N6O/c1-4-29-12-19(9-25-29)10-26-13-20(21-14-28(16-24-21)17(2)3)23(15-26)7-8-27(22(23)30)11-18-5-6-18/h9,12,14,16-18,20H,4-8,10-11,13,15H2,1-3H3/t20-,23-/m0/s1. The number of hydrogen-bond donors (Lipinski definition) is 0. The Morgan fingerprint density at radius 1 is 1.27 bits per heavy atom. The largest absolute Gasteiger partial charge is 0.342 e. The molecule has 1 amide bonds. The van der Waals surface area contributed by atoms with Gasteiger partial charge in [0.1, 0.15) is 0 Å². The van der Waals surface area contributed by atoms with E-state index in [1.807, 2.05) is 17.2 Å². The first-order valence-electron chi connectivity index (χ1n) is 11.5. The highest BCUT2D eigenvalue weighted by atomic mass is 16.2. The molecule has 2 saturated heterocycles. The number of carbonyl (C=O) groups is 1. The first kappa shape index (κ1) is 19.8. The average molecular weight is 411 g/mol. The number of amides is 1. The van der Waals surface area contributed by atoms with Gasteiger partial charge in [0.15, 0.2) is 0 Å². The van der Waals surface area contributed by atoms with Crippen LogP contribution in [-0.2, 0) is 17.9 Å². The lowest BCUT2D eigenvalue weighted by Crippen LogP contribution is -2.40. The molecule has 1 spiro atoms. The lowest BCUT2D eigenvalue weighted by molar-refractivity contribution is -0.136. The lowest BCUT2D eigenvalue weighted by atomic mass is 9.75. The molecule has 0 unspecified atom stereocenters. The van der Waals surface area contributed by atoms with E-state index >= 15 is 0 Å². The van der Waals surface area contributed by atoms with Crippen LogP contribution in [0.15, 0.2) is 24.9 Å². The van der Waals surface area contributed by atoms with Crippen molar-refractivity contribution in [3.63, 3.8) is 0 Å². The molecule has 2 aliphatic heterocycles. The Bertz CT molecular complexity index is 912. The van der Waals surface area contributed by atoms with Crippen molar-refractivity contribution >= 4 is 5.91 Å². The Morgan fingerprint density at radius 2 is 2.10 bits per heavy atom. The Balaban J connectivity index is 1.41. The van der Waals surface area contributed by atoms with Crippen LogP contribution in [0.5, 0.6) is 0 Å². The summed E-state index contributed by atoms with van der Waals surface area (Å²) in [4.78, 5) is 23.1. The molecule has 2 atom stereocenters. The number of aromatic nitrogens is 4. The monoisotopic (exact) mass is 410 g/mol. The minimum Gasteiger partial charge on any atom is -0.342 e. The van der Waals surface area contributed by atoms with Crippen LogP contribution in [0.25, 0.3) is 0 Å². The molecule has 0 radical (unpaired) electrons. The fourth-order valence-electron chi connectivity index (χ4n) is 5.35. The second kappa shape index (κ2) is 7.52. The van der Waals surface area contributed by atoms with E-state index < -0.39 is 0 Å². The molecule has 1 saturated carbocycles. The maximum atomic E-state index is 13.7. The molecule has 5 rings (SSSR count). The molecule has 2 aromatic heterocycles. The van der Waals surface area contributed by atoms with Crippen LogP contribution in [0.4, 0.5) is 0 Å². The second-order valence-electron chi connectivity index (χ2n) is 9.87. The van der Waals surface area contributed by atoms with Gasteiger partial charge in [-0.15, -0.1) is 0 Å². The van der Waals surface area contributed by atoms with Crippen molar-refractivity contribution in [3.05, 3.63) is 36.2 Å². The van der Waals surface area contributed by atoms with Gasteiger partial charge in [-0.1, -0.05) is 0 Å². The summed E-state index contributed by atoms with van der Waals surface area (Å²) in [7, 11) is 0. The summed E-state index contributed by atoms with van der Waals surface area (Å²) in [5, 5.41) is 4.43. The van der Waals surface area contributed by atoms with Gasteiger partial charge in [-0.25, -0.2) is 4.98 Å². The molecule has 3 fully saturated rings. The Kier molecular flexibility index (Phi) is 4.96. The van der Waals surface area contributed by atoms with Crippen molar-refractivity contribution in [1.82, 2.24) is 29.1 Å². The maximum Gasteiger partial charge on any atom is 0.230 e. The predicted octanol–water partition coefficient (Wildman–Crippen LogP) is 2.91. The quantitative estimate of drug-likeness (QED) is 0.704. The summed E-state index contributed by atoms with van der Waals surface area (Å²) in [6.07, 6.45) is 11.7. The van der Waals surface area contributed by atoms with Crippen LogP contribution in [0, 0.1) is 11.3 Å². The number of aryl methyl sites for hydroxylation is 1. The maximum absolute atomic E-state index is 13.7. The highest BCUT2D eigenvalue weighted by Crippen LogP contribution is 2.50. The second-order valence-corrected chi connectivity index (χ2v) is 9.87. The van der Waals surface area contributed by atoms with Crippen LogP contribution in [0.2, 0.25) is 0 Å². The van der Waals surface area contributed by atoms with E-state index in [1.54, 1.807) is 0 Å². The smallest absolute Gasteiger partial charge is 0.230 e. The van der Waals surface area contributed by atoms with E-state index in [0.717, 1.165) is 57.3 Å². The summed E-state index contributed by atoms with van der Waals surface area (Å²) in [6, 6.07) is 0.380. The third-order valence-electron chi connectivity index (χ3n) is 7.32. The van der Waals surface area contributed by atoms with Gasteiger partial charge in [0.2, 0.25) is 5.91 Å². The average Bonchev–Trinajstić information content (AvgIpc) is 3.09. The molecule has 7 nitrogen and oxygen atoms in total. The first-order valence-corrected chi connectivity index (χ1v) is 11.5. The molecule has 162 valence electrons. The van der Waals surface area contributed by atoms with Crippen LogP contribution in [0.3, 0.4) is 0 Å². The zero-order valence-corrected chi connectivity index (χ0v) is 18.5. The number of carbonyl (C=O) groups excluding carboxylic acids is 1. The van der Waals surface area contributed by atoms with Gasteiger partial charge in [0, 0.05) is 69.2 Å². The normalized spacial score (nSPS) is 27.3. The third-order valence-corrected chi connectivity index (χ3v) is 7.32. The molecule has 7 heteroatoms. The van der Waals surface area contributed by atoms with Crippen molar-refractivity contribution < 1.29 is 4.79 Å². The van der Waals surface area contributed by atoms with Crippen LogP contribution in [-0.4, -0.2) is 61.2 Å². The molecule has 0 bridgehead atoms. The highest BCUT2D eigenvalue weighted by molar-refractivity contribution is 5.87. The summed E-state index contributed by atoms with van der Waals surface area (Å²) in [6.45, 7) is 11.7. The van der Waals surface area contributed by atoms with Crippen molar-refractivity contribution in [2.45, 2.75) is 65.1 Å². The van der Waals surface area contributed by atoms with Gasteiger partial charge in [-0.3, -0.25) is 14.4 Å². The minimum atomic E-state index is -0.328. The summed E-state index contributed by atoms with van der Waals surface area (Å²) in [5.41, 5.74) is 1.98. The van der Waals surface area contributed by atoms with Gasteiger partial charge < -0.3 is 9.47 Å². The molecular weight excluding hydrogens is 376 g/mol. The van der Waals surface area contributed by atoms with Crippen LogP contribution >= 0.6 is 0 Å². The molecule has 1 aliphatic carbocycles.